The number of benzene rings is 2. The van der Waals surface area contributed by atoms with Crippen molar-refractivity contribution < 1.29 is 34.5 Å². The van der Waals surface area contributed by atoms with Crippen molar-refractivity contribution in [1.82, 2.24) is 21.3 Å². The molecule has 0 aromatic heterocycles. The maximum Gasteiger partial charge on any atom is 0.326 e. The minimum Gasteiger partial charge on any atom is -0.508 e. The van der Waals surface area contributed by atoms with Gasteiger partial charge in [0.2, 0.25) is 17.7 Å². The average Bonchev–Trinajstić information content (AvgIpc) is 3.51. The van der Waals surface area contributed by atoms with Crippen molar-refractivity contribution in [3.8, 4) is 11.5 Å². The Morgan fingerprint density at radius 3 is 1.88 bits per heavy atom. The third-order valence-corrected chi connectivity index (χ3v) is 6.95. The van der Waals surface area contributed by atoms with Gasteiger partial charge in [-0.05, 0) is 67.6 Å². The van der Waals surface area contributed by atoms with Gasteiger partial charge in [0.25, 0.3) is 0 Å². The summed E-state index contributed by atoms with van der Waals surface area (Å²) in [6.45, 7) is 0.905. The van der Waals surface area contributed by atoms with Gasteiger partial charge in [0, 0.05) is 19.4 Å². The fourth-order valence-corrected chi connectivity index (χ4v) is 4.64. The smallest absolute Gasteiger partial charge is 0.326 e. The van der Waals surface area contributed by atoms with E-state index in [0.29, 0.717) is 30.5 Å². The van der Waals surface area contributed by atoms with Gasteiger partial charge < -0.3 is 48.1 Å². The Morgan fingerprint density at radius 2 is 1.37 bits per heavy atom. The number of aromatic hydroxyl groups is 2. The molecule has 232 valence electrons. The molecule has 14 heteroatoms. The molecule has 1 saturated heterocycles. The molecular formula is C29H39N7O7. The standard InChI is InChI=1S/C29H39N7O7/c30-29(31)33-14-2-4-22(34-25(39)21-3-1-13-32-21)26(40)35-23(15-17-5-9-19(37)10-6-17)27(41)36-24(28(42)43)16-18-7-11-20(38)12-8-18/h5-12,21-24,32,37-38H,1-4,13-16H2,(H,34,39)(H,35,40)(H,36,41)(H,42,43)(H4,30,31,33). The molecule has 1 aliphatic rings. The van der Waals surface area contributed by atoms with E-state index in [0.717, 1.165) is 6.42 Å². The van der Waals surface area contributed by atoms with Crippen LogP contribution in [0.1, 0.15) is 36.8 Å². The number of carboxylic acids is 1. The summed E-state index contributed by atoms with van der Waals surface area (Å²) >= 11 is 0. The Balaban J connectivity index is 1.79. The van der Waals surface area contributed by atoms with E-state index < -0.39 is 42.0 Å². The highest BCUT2D eigenvalue weighted by Gasteiger charge is 2.31. The van der Waals surface area contributed by atoms with Crippen LogP contribution in [-0.4, -0.2) is 82.2 Å². The summed E-state index contributed by atoms with van der Waals surface area (Å²) in [5, 5.41) is 40.0. The van der Waals surface area contributed by atoms with Gasteiger partial charge in [-0.15, -0.1) is 0 Å². The number of rotatable bonds is 15. The molecule has 14 nitrogen and oxygen atoms in total. The SMILES string of the molecule is NC(N)=NCCCC(NC(=O)C1CCCN1)C(=O)NC(Cc1ccc(O)cc1)C(=O)NC(Cc1ccc(O)cc1)C(=O)O. The zero-order valence-corrected chi connectivity index (χ0v) is 23.7. The van der Waals surface area contributed by atoms with Gasteiger partial charge in [0.15, 0.2) is 5.96 Å². The zero-order chi connectivity index (χ0) is 31.4. The first-order chi connectivity index (χ1) is 20.5. The molecule has 3 amide bonds. The van der Waals surface area contributed by atoms with E-state index in [9.17, 15) is 34.5 Å². The first kappa shape index (κ1) is 32.7. The summed E-state index contributed by atoms with van der Waals surface area (Å²) < 4.78 is 0. The minimum atomic E-state index is -1.33. The number of carbonyl (C=O) groups excluding carboxylic acids is 3. The summed E-state index contributed by atoms with van der Waals surface area (Å²) in [4.78, 5) is 55.8. The van der Waals surface area contributed by atoms with E-state index in [2.05, 4.69) is 26.3 Å². The number of guanidine groups is 1. The van der Waals surface area contributed by atoms with Crippen LogP contribution in [0.25, 0.3) is 0 Å². The Morgan fingerprint density at radius 1 is 0.837 bits per heavy atom. The van der Waals surface area contributed by atoms with Crippen molar-refractivity contribution in [2.24, 2.45) is 16.5 Å². The summed E-state index contributed by atoms with van der Waals surface area (Å²) in [7, 11) is 0. The predicted octanol–water partition coefficient (Wildman–Crippen LogP) is -0.772. The third kappa shape index (κ3) is 10.8. The van der Waals surface area contributed by atoms with Crippen LogP contribution in [0.3, 0.4) is 0 Å². The van der Waals surface area contributed by atoms with Gasteiger partial charge in [-0.2, -0.15) is 0 Å². The van der Waals surface area contributed by atoms with E-state index in [4.69, 9.17) is 11.5 Å². The van der Waals surface area contributed by atoms with Gasteiger partial charge >= 0.3 is 5.97 Å². The molecule has 1 heterocycles. The topological polar surface area (TPSA) is 241 Å². The van der Waals surface area contributed by atoms with E-state index >= 15 is 0 Å². The monoisotopic (exact) mass is 597 g/mol. The maximum atomic E-state index is 13.5. The number of carboxylic acid groups (broad SMARTS) is 1. The number of nitrogens with two attached hydrogens (primary N) is 2. The number of aliphatic carboxylic acids is 1. The summed E-state index contributed by atoms with van der Waals surface area (Å²) in [5.74, 6) is -3.11. The van der Waals surface area contributed by atoms with Crippen LogP contribution in [0.4, 0.5) is 0 Å². The zero-order valence-electron chi connectivity index (χ0n) is 23.7. The average molecular weight is 598 g/mol. The molecule has 4 atom stereocenters. The van der Waals surface area contributed by atoms with Gasteiger partial charge in [-0.25, -0.2) is 4.79 Å². The number of hydrogen-bond donors (Lipinski definition) is 9. The molecule has 0 radical (unpaired) electrons. The molecule has 2 aromatic carbocycles. The molecule has 43 heavy (non-hydrogen) atoms. The van der Waals surface area contributed by atoms with Crippen molar-refractivity contribution in [3.05, 3.63) is 59.7 Å². The van der Waals surface area contributed by atoms with Crippen molar-refractivity contribution in [1.29, 1.82) is 0 Å². The summed E-state index contributed by atoms with van der Waals surface area (Å²) in [5.41, 5.74) is 11.9. The Hall–Kier alpha value is -4.85. The Kier molecular flexibility index (Phi) is 12.1. The number of carbonyl (C=O) groups is 4. The quantitative estimate of drug-likeness (QED) is 0.0705. The molecule has 0 spiro atoms. The highest BCUT2D eigenvalue weighted by molar-refractivity contribution is 5.94. The van der Waals surface area contributed by atoms with Gasteiger partial charge in [0.1, 0.15) is 29.6 Å². The third-order valence-electron chi connectivity index (χ3n) is 6.95. The molecule has 1 aliphatic heterocycles. The number of hydrogen-bond acceptors (Lipinski definition) is 8. The van der Waals surface area contributed by atoms with Crippen molar-refractivity contribution in [2.75, 3.05) is 13.1 Å². The van der Waals surface area contributed by atoms with Crippen molar-refractivity contribution in [2.45, 2.75) is 62.7 Å². The highest BCUT2D eigenvalue weighted by Crippen LogP contribution is 2.14. The van der Waals surface area contributed by atoms with Crippen LogP contribution >= 0.6 is 0 Å². The summed E-state index contributed by atoms with van der Waals surface area (Å²) in [6, 6.07) is 7.90. The van der Waals surface area contributed by atoms with Crippen LogP contribution < -0.4 is 32.7 Å². The summed E-state index contributed by atoms with van der Waals surface area (Å²) in [6.07, 6.45) is 1.88. The van der Waals surface area contributed by atoms with E-state index in [1.54, 1.807) is 24.3 Å². The van der Waals surface area contributed by atoms with Gasteiger partial charge in [-0.3, -0.25) is 19.4 Å². The van der Waals surface area contributed by atoms with Gasteiger partial charge in [-0.1, -0.05) is 24.3 Å². The van der Waals surface area contributed by atoms with E-state index in [-0.39, 0.29) is 49.2 Å². The normalized spacial score (nSPS) is 16.3. The molecule has 4 unspecified atom stereocenters. The van der Waals surface area contributed by atoms with Crippen molar-refractivity contribution in [3.63, 3.8) is 0 Å². The predicted molar refractivity (Wildman–Crippen MR) is 158 cm³/mol. The second kappa shape index (κ2) is 16.0. The molecule has 3 rings (SSSR count). The number of nitrogens with zero attached hydrogens (tertiary/aromatic N) is 1. The molecule has 11 N–H and O–H groups in total. The fraction of sp³-hybridized carbons (Fsp3) is 0.414. The first-order valence-electron chi connectivity index (χ1n) is 14.0. The lowest BCUT2D eigenvalue weighted by atomic mass is 10.0. The van der Waals surface area contributed by atoms with Crippen molar-refractivity contribution >= 4 is 29.7 Å². The van der Waals surface area contributed by atoms with E-state index in [1.165, 1.54) is 24.3 Å². The lowest BCUT2D eigenvalue weighted by Gasteiger charge is -2.25. The van der Waals surface area contributed by atoms with Crippen LogP contribution in [0.2, 0.25) is 0 Å². The minimum absolute atomic E-state index is 0.0118. The molecule has 0 bridgehead atoms. The Bertz CT molecular complexity index is 1280. The Labute approximate surface area is 248 Å². The number of nitrogens with one attached hydrogen (secondary N) is 4. The lowest BCUT2D eigenvalue weighted by Crippen LogP contribution is -2.57. The maximum absolute atomic E-state index is 13.5. The van der Waals surface area contributed by atoms with Gasteiger partial charge in [0.05, 0.1) is 6.04 Å². The molecule has 0 aliphatic carbocycles. The highest BCUT2D eigenvalue weighted by atomic mass is 16.4. The molecular weight excluding hydrogens is 558 g/mol. The number of amides is 3. The fourth-order valence-electron chi connectivity index (χ4n) is 4.64. The second-order valence-corrected chi connectivity index (χ2v) is 10.4. The number of phenols is 2. The van der Waals surface area contributed by atoms with Crippen LogP contribution in [0.15, 0.2) is 53.5 Å². The molecule has 0 saturated carbocycles. The van der Waals surface area contributed by atoms with E-state index in [1.807, 2.05) is 0 Å². The molecule has 1 fully saturated rings. The molecule has 2 aromatic rings. The van der Waals surface area contributed by atoms with Crippen LogP contribution in [0, 0.1) is 0 Å². The first-order valence-corrected chi connectivity index (χ1v) is 14.0. The lowest BCUT2D eigenvalue weighted by molar-refractivity contribution is -0.142. The van der Waals surface area contributed by atoms with Crippen LogP contribution in [0.5, 0.6) is 11.5 Å². The second-order valence-electron chi connectivity index (χ2n) is 10.4. The largest absolute Gasteiger partial charge is 0.508 e. The number of aliphatic imine (C=N–C) groups is 1. The number of phenolic OH excluding ortho intramolecular Hbond substituents is 2. The van der Waals surface area contributed by atoms with Crippen LogP contribution in [-0.2, 0) is 32.0 Å².